The van der Waals surface area contributed by atoms with Gasteiger partial charge in [0.2, 0.25) is 0 Å². The van der Waals surface area contributed by atoms with Crippen molar-refractivity contribution in [3.63, 3.8) is 0 Å². The van der Waals surface area contributed by atoms with Gasteiger partial charge in [0, 0.05) is 13.6 Å². The lowest BCUT2D eigenvalue weighted by atomic mass is 10.2. The smallest absolute Gasteiger partial charge is 0.295 e. The van der Waals surface area contributed by atoms with Gasteiger partial charge in [0.15, 0.2) is 0 Å². The van der Waals surface area contributed by atoms with Crippen LogP contribution in [0.1, 0.15) is 24.5 Å². The second kappa shape index (κ2) is 3.97. The topological polar surface area (TPSA) is 74.8 Å². The molecule has 0 atom stereocenters. The molecule has 6 heteroatoms. The first-order valence-electron chi connectivity index (χ1n) is 4.10. The van der Waals surface area contributed by atoms with E-state index in [0.717, 1.165) is 0 Å². The number of carbonyl (C=O) groups is 1. The number of H-pyrrole nitrogens is 1. The summed E-state index contributed by atoms with van der Waals surface area (Å²) < 4.78 is 0. The molecule has 1 amide bonds. The lowest BCUT2D eigenvalue weighted by molar-refractivity contribution is 0.0767. The van der Waals surface area contributed by atoms with E-state index in [2.05, 4.69) is 20.6 Å². The maximum atomic E-state index is 11.5. The number of aromatic nitrogens is 4. The minimum Gasteiger partial charge on any atom is -0.339 e. The van der Waals surface area contributed by atoms with Crippen LogP contribution in [0.2, 0.25) is 0 Å². The van der Waals surface area contributed by atoms with Gasteiger partial charge >= 0.3 is 0 Å². The highest BCUT2D eigenvalue weighted by atomic mass is 16.2. The number of nitrogens with zero attached hydrogens (tertiary/aromatic N) is 4. The number of rotatable bonds is 3. The van der Waals surface area contributed by atoms with Gasteiger partial charge in [0.05, 0.1) is 0 Å². The van der Waals surface area contributed by atoms with Crippen molar-refractivity contribution in [2.24, 2.45) is 5.92 Å². The first kappa shape index (κ1) is 9.63. The van der Waals surface area contributed by atoms with Crippen molar-refractivity contribution in [2.45, 2.75) is 13.8 Å². The van der Waals surface area contributed by atoms with Crippen molar-refractivity contribution in [1.29, 1.82) is 0 Å². The third-order valence-electron chi connectivity index (χ3n) is 1.52. The third-order valence-corrected chi connectivity index (χ3v) is 1.52. The molecule has 72 valence electrons. The molecule has 0 unspecified atom stereocenters. The van der Waals surface area contributed by atoms with Crippen molar-refractivity contribution in [1.82, 2.24) is 25.5 Å². The fraction of sp³-hybridized carbons (Fsp3) is 0.714. The fourth-order valence-electron chi connectivity index (χ4n) is 1.05. The molecule has 1 N–H and O–H groups in total. The Labute approximate surface area is 76.3 Å². The summed E-state index contributed by atoms with van der Waals surface area (Å²) >= 11 is 0. The summed E-state index contributed by atoms with van der Waals surface area (Å²) in [6.45, 7) is 4.77. The van der Waals surface area contributed by atoms with E-state index in [-0.39, 0.29) is 11.7 Å². The Hall–Kier alpha value is -1.46. The third kappa shape index (κ3) is 2.50. The van der Waals surface area contributed by atoms with Crippen LogP contribution >= 0.6 is 0 Å². The predicted molar refractivity (Wildman–Crippen MR) is 46.0 cm³/mol. The van der Waals surface area contributed by atoms with Crippen LogP contribution in [0.15, 0.2) is 0 Å². The van der Waals surface area contributed by atoms with Crippen molar-refractivity contribution in [3.8, 4) is 0 Å². The van der Waals surface area contributed by atoms with Crippen LogP contribution < -0.4 is 0 Å². The molecule has 13 heavy (non-hydrogen) atoms. The summed E-state index contributed by atoms with van der Waals surface area (Å²) in [7, 11) is 1.72. The summed E-state index contributed by atoms with van der Waals surface area (Å²) in [5.41, 5.74) is 0. The lowest BCUT2D eigenvalue weighted by Gasteiger charge is -2.16. The zero-order valence-corrected chi connectivity index (χ0v) is 7.98. The Morgan fingerprint density at radius 1 is 1.62 bits per heavy atom. The van der Waals surface area contributed by atoms with Gasteiger partial charge in [-0.25, -0.2) is 0 Å². The van der Waals surface area contributed by atoms with Crippen molar-refractivity contribution in [2.75, 3.05) is 13.6 Å². The second-order valence-electron chi connectivity index (χ2n) is 3.31. The molecule has 1 aromatic heterocycles. The average molecular weight is 183 g/mol. The molecule has 0 saturated carbocycles. The quantitative estimate of drug-likeness (QED) is 0.711. The van der Waals surface area contributed by atoms with Crippen LogP contribution in [-0.4, -0.2) is 45.0 Å². The van der Waals surface area contributed by atoms with E-state index in [1.54, 1.807) is 11.9 Å². The Balaban J connectivity index is 2.58. The van der Waals surface area contributed by atoms with Crippen molar-refractivity contribution in [3.05, 3.63) is 5.82 Å². The van der Waals surface area contributed by atoms with Crippen LogP contribution in [0.4, 0.5) is 0 Å². The largest absolute Gasteiger partial charge is 0.339 e. The molecular formula is C7H13N5O. The summed E-state index contributed by atoms with van der Waals surface area (Å²) in [5, 5.41) is 12.8. The van der Waals surface area contributed by atoms with Gasteiger partial charge in [-0.3, -0.25) is 4.79 Å². The van der Waals surface area contributed by atoms with Gasteiger partial charge in [0.1, 0.15) is 0 Å². The SMILES string of the molecule is CC(C)CN(C)C(=O)c1nn[nH]n1. The van der Waals surface area contributed by atoms with E-state index < -0.39 is 0 Å². The van der Waals surface area contributed by atoms with Gasteiger partial charge in [0.25, 0.3) is 11.7 Å². The number of aromatic amines is 1. The van der Waals surface area contributed by atoms with Crippen LogP contribution in [0, 0.1) is 5.92 Å². The minimum absolute atomic E-state index is 0.114. The summed E-state index contributed by atoms with van der Waals surface area (Å²) in [4.78, 5) is 13.1. The molecule has 0 aliphatic heterocycles. The highest BCUT2D eigenvalue weighted by molar-refractivity contribution is 5.89. The Morgan fingerprint density at radius 3 is 2.77 bits per heavy atom. The van der Waals surface area contributed by atoms with Gasteiger partial charge in [-0.05, 0) is 11.1 Å². The van der Waals surface area contributed by atoms with Gasteiger partial charge in [-0.15, -0.1) is 10.2 Å². The molecule has 0 aromatic carbocycles. The molecule has 0 fully saturated rings. The number of nitrogens with one attached hydrogen (secondary N) is 1. The van der Waals surface area contributed by atoms with E-state index >= 15 is 0 Å². The number of amides is 1. The van der Waals surface area contributed by atoms with Crippen LogP contribution in [0.25, 0.3) is 0 Å². The molecule has 0 saturated heterocycles. The number of carbonyl (C=O) groups excluding carboxylic acids is 1. The molecule has 0 aliphatic rings. The van der Waals surface area contributed by atoms with Crippen molar-refractivity contribution >= 4 is 5.91 Å². The summed E-state index contributed by atoms with van der Waals surface area (Å²) in [5.74, 6) is 0.339. The maximum Gasteiger partial charge on any atom is 0.295 e. The highest BCUT2D eigenvalue weighted by Crippen LogP contribution is 1.99. The van der Waals surface area contributed by atoms with Crippen LogP contribution in [0.5, 0.6) is 0 Å². The second-order valence-corrected chi connectivity index (χ2v) is 3.31. The molecule has 0 radical (unpaired) electrons. The molecule has 1 rings (SSSR count). The van der Waals surface area contributed by atoms with E-state index in [4.69, 9.17) is 0 Å². The first-order chi connectivity index (χ1) is 6.11. The predicted octanol–water partition coefficient (Wildman–Crippen LogP) is -0.0723. The monoisotopic (exact) mass is 183 g/mol. The minimum atomic E-state index is -0.206. The van der Waals surface area contributed by atoms with Crippen LogP contribution in [0.3, 0.4) is 0 Å². The Bertz CT molecular complexity index is 268. The highest BCUT2D eigenvalue weighted by Gasteiger charge is 2.16. The lowest BCUT2D eigenvalue weighted by Crippen LogP contribution is -2.31. The van der Waals surface area contributed by atoms with Crippen LogP contribution in [-0.2, 0) is 0 Å². The number of tetrazole rings is 1. The average Bonchev–Trinajstić information content (AvgIpc) is 2.53. The molecular weight excluding hydrogens is 170 g/mol. The molecule has 1 heterocycles. The molecule has 0 spiro atoms. The van der Waals surface area contributed by atoms with E-state index in [0.29, 0.717) is 12.5 Å². The van der Waals surface area contributed by atoms with Gasteiger partial charge in [-0.2, -0.15) is 5.21 Å². The molecule has 1 aromatic rings. The van der Waals surface area contributed by atoms with Gasteiger partial charge < -0.3 is 4.90 Å². The molecule has 6 nitrogen and oxygen atoms in total. The zero-order chi connectivity index (χ0) is 9.84. The maximum absolute atomic E-state index is 11.5. The van der Waals surface area contributed by atoms with Crippen molar-refractivity contribution < 1.29 is 4.79 Å². The Morgan fingerprint density at radius 2 is 2.31 bits per heavy atom. The standard InChI is InChI=1S/C7H13N5O/c1-5(2)4-12(3)7(13)6-8-10-11-9-6/h5H,4H2,1-3H3,(H,8,9,10,11). The fourth-order valence-corrected chi connectivity index (χ4v) is 1.05. The molecule has 0 aliphatic carbocycles. The normalized spacial score (nSPS) is 10.5. The van der Waals surface area contributed by atoms with E-state index in [1.807, 2.05) is 13.8 Å². The summed E-state index contributed by atoms with van der Waals surface area (Å²) in [6, 6.07) is 0. The first-order valence-corrected chi connectivity index (χ1v) is 4.10. The Kier molecular flexibility index (Phi) is 2.94. The number of hydrogen-bond donors (Lipinski definition) is 1. The zero-order valence-electron chi connectivity index (χ0n) is 7.98. The number of hydrogen-bond acceptors (Lipinski definition) is 4. The van der Waals surface area contributed by atoms with E-state index in [1.165, 1.54) is 0 Å². The molecule has 0 bridgehead atoms. The van der Waals surface area contributed by atoms with Gasteiger partial charge in [-0.1, -0.05) is 13.8 Å². The van der Waals surface area contributed by atoms with E-state index in [9.17, 15) is 4.79 Å². The summed E-state index contributed by atoms with van der Waals surface area (Å²) in [6.07, 6.45) is 0.